The van der Waals surface area contributed by atoms with Gasteiger partial charge >= 0.3 is 5.97 Å². The summed E-state index contributed by atoms with van der Waals surface area (Å²) < 4.78 is 63.5. The molecule has 10 nitrogen and oxygen atoms in total. The summed E-state index contributed by atoms with van der Waals surface area (Å²) >= 11 is 0. The summed E-state index contributed by atoms with van der Waals surface area (Å²) in [5.74, 6) is -0.814. The monoisotopic (exact) mass is 546 g/mol. The first-order valence-electron chi connectivity index (χ1n) is 12.3. The predicted molar refractivity (Wildman–Crippen MR) is 133 cm³/mol. The Hall–Kier alpha value is -3.45. The molecule has 5 rings (SSSR count). The highest BCUT2D eigenvalue weighted by molar-refractivity contribution is 7.89. The number of benzene rings is 1. The molecule has 0 amide bonds. The predicted octanol–water partition coefficient (Wildman–Crippen LogP) is 2.84. The van der Waals surface area contributed by atoms with Gasteiger partial charge in [-0.1, -0.05) is 5.57 Å². The number of carbonyl (C=O) groups excluding carboxylic acids is 1. The molecule has 2 aliphatic carbocycles. The number of fused-ring (bicyclic) bond motifs is 2. The second kappa shape index (κ2) is 10.0. The van der Waals surface area contributed by atoms with Crippen LogP contribution < -0.4 is 0 Å². The maximum atomic E-state index is 13.7. The number of alkyl halides is 1. The molecular formula is C25H28F2N6O4S. The molecule has 1 aromatic carbocycles. The minimum absolute atomic E-state index is 0.116. The zero-order valence-corrected chi connectivity index (χ0v) is 21.9. The lowest BCUT2D eigenvalue weighted by Gasteiger charge is -2.45. The van der Waals surface area contributed by atoms with Crippen LogP contribution in [-0.2, 0) is 33.0 Å². The summed E-state index contributed by atoms with van der Waals surface area (Å²) in [7, 11) is -2.66. The highest BCUT2D eigenvalue weighted by atomic mass is 32.2. The average Bonchev–Trinajstić information content (AvgIpc) is 3.52. The van der Waals surface area contributed by atoms with Crippen molar-refractivity contribution >= 4 is 22.1 Å². The third kappa shape index (κ3) is 4.43. The van der Waals surface area contributed by atoms with Crippen molar-refractivity contribution in [3.8, 4) is 5.69 Å². The minimum Gasteiger partial charge on any atom is -0.465 e. The van der Waals surface area contributed by atoms with Crippen molar-refractivity contribution in [2.75, 3.05) is 19.8 Å². The lowest BCUT2D eigenvalue weighted by atomic mass is 9.63. The fraction of sp³-hybridized carbons (Fsp3) is 0.440. The molecule has 2 heterocycles. The average molecular weight is 547 g/mol. The summed E-state index contributed by atoms with van der Waals surface area (Å²) in [6.45, 7) is 0.597. The van der Waals surface area contributed by atoms with E-state index in [1.54, 1.807) is 37.0 Å². The molecular weight excluding hydrogens is 518 g/mol. The van der Waals surface area contributed by atoms with Crippen LogP contribution in [0.25, 0.3) is 11.8 Å². The van der Waals surface area contributed by atoms with Crippen molar-refractivity contribution in [3.63, 3.8) is 0 Å². The van der Waals surface area contributed by atoms with E-state index in [1.165, 1.54) is 23.1 Å². The quantitative estimate of drug-likeness (QED) is 0.400. The summed E-state index contributed by atoms with van der Waals surface area (Å²) in [4.78, 5) is 17.4. The number of hydrogen-bond donors (Lipinski definition) is 0. The van der Waals surface area contributed by atoms with E-state index in [2.05, 4.69) is 15.2 Å². The van der Waals surface area contributed by atoms with Crippen LogP contribution in [0.2, 0.25) is 0 Å². The van der Waals surface area contributed by atoms with Crippen LogP contribution in [0.15, 0.2) is 47.5 Å². The molecule has 0 bridgehead atoms. The Labute approximate surface area is 219 Å². The number of nitrogens with zero attached hydrogens (tertiary/aromatic N) is 6. The number of esters is 1. The number of rotatable bonds is 8. The third-order valence-corrected chi connectivity index (χ3v) is 8.95. The Kier molecular flexibility index (Phi) is 6.90. The molecule has 2 aromatic heterocycles. The molecule has 1 saturated carbocycles. The van der Waals surface area contributed by atoms with Gasteiger partial charge in [-0.2, -0.15) is 9.40 Å². The van der Waals surface area contributed by atoms with Crippen LogP contribution in [0.1, 0.15) is 37.4 Å². The Balaban J connectivity index is 1.54. The topological polar surface area (TPSA) is 112 Å². The van der Waals surface area contributed by atoms with E-state index in [9.17, 15) is 22.0 Å². The highest BCUT2D eigenvalue weighted by Crippen LogP contribution is 2.50. The van der Waals surface area contributed by atoms with Gasteiger partial charge in [0, 0.05) is 19.6 Å². The van der Waals surface area contributed by atoms with Gasteiger partial charge in [-0.3, -0.25) is 9.48 Å². The van der Waals surface area contributed by atoms with Crippen LogP contribution >= 0.6 is 0 Å². The van der Waals surface area contributed by atoms with Gasteiger partial charge in [0.15, 0.2) is 0 Å². The van der Waals surface area contributed by atoms with Crippen molar-refractivity contribution in [1.29, 1.82) is 0 Å². The standard InChI is InChI=1S/C25H28F2N6O4S/c1-3-37-23(34)25-13-17-15-29-33(20-8-5-19(27)6-9-20)22(17)12-18(25)4-7-21(14-25)32(11-10-26)38(35,36)24-28-16-31(2)30-24/h5-6,8-9,12,15-16,21H,3-4,7,10-11,13-14H2,1-2H3/t21-,25-/m0/s1. The molecule has 0 radical (unpaired) electrons. The normalized spacial score (nSPS) is 21.1. The first-order valence-corrected chi connectivity index (χ1v) is 13.8. The Morgan fingerprint density at radius 3 is 2.71 bits per heavy atom. The summed E-state index contributed by atoms with van der Waals surface area (Å²) in [6.07, 6.45) is 5.95. The highest BCUT2D eigenvalue weighted by Gasteiger charge is 2.52. The third-order valence-electron chi connectivity index (χ3n) is 7.20. The largest absolute Gasteiger partial charge is 0.465 e. The molecule has 2 aliphatic rings. The summed E-state index contributed by atoms with van der Waals surface area (Å²) in [5, 5.41) is 8.00. The number of sulfonamides is 1. The van der Waals surface area contributed by atoms with Gasteiger partial charge in [0.25, 0.3) is 15.2 Å². The maximum Gasteiger partial charge on any atom is 0.316 e. The Morgan fingerprint density at radius 2 is 2.05 bits per heavy atom. The van der Waals surface area contributed by atoms with Crippen molar-refractivity contribution in [2.24, 2.45) is 12.5 Å². The maximum absolute atomic E-state index is 13.7. The number of carbonyl (C=O) groups is 1. The number of ether oxygens (including phenoxy) is 1. The van der Waals surface area contributed by atoms with Crippen molar-refractivity contribution in [3.05, 3.63) is 59.4 Å². The molecule has 13 heteroatoms. The summed E-state index contributed by atoms with van der Waals surface area (Å²) in [5.41, 5.74) is 1.89. The molecule has 0 aliphatic heterocycles. The fourth-order valence-electron chi connectivity index (χ4n) is 5.48. The summed E-state index contributed by atoms with van der Waals surface area (Å²) in [6, 6.07) is 5.27. The van der Waals surface area contributed by atoms with E-state index in [1.807, 2.05) is 6.08 Å². The molecule has 0 saturated heterocycles. The van der Waals surface area contributed by atoms with E-state index < -0.39 is 39.3 Å². The van der Waals surface area contributed by atoms with Gasteiger partial charge in [0.2, 0.25) is 0 Å². The van der Waals surface area contributed by atoms with Crippen molar-refractivity contribution < 1.29 is 26.7 Å². The molecule has 0 N–H and O–H groups in total. The second-order valence-electron chi connectivity index (χ2n) is 9.49. The van der Waals surface area contributed by atoms with Crippen LogP contribution in [0.5, 0.6) is 0 Å². The second-order valence-corrected chi connectivity index (χ2v) is 11.3. The van der Waals surface area contributed by atoms with Crippen LogP contribution in [0.4, 0.5) is 8.78 Å². The molecule has 202 valence electrons. The van der Waals surface area contributed by atoms with Crippen molar-refractivity contribution in [1.82, 2.24) is 28.9 Å². The molecule has 3 aromatic rings. The molecule has 0 unspecified atom stereocenters. The van der Waals surface area contributed by atoms with E-state index in [0.717, 1.165) is 21.1 Å². The Bertz CT molecular complexity index is 1480. The number of aryl methyl sites for hydroxylation is 1. The lowest BCUT2D eigenvalue weighted by Crippen LogP contribution is -2.51. The zero-order valence-electron chi connectivity index (χ0n) is 21.0. The minimum atomic E-state index is -4.21. The van der Waals surface area contributed by atoms with Gasteiger partial charge in [-0.05, 0) is 68.5 Å². The molecule has 2 atom stereocenters. The first-order chi connectivity index (χ1) is 18.2. The SMILES string of the molecule is CCOC(=O)[C@]12Cc3cnn(-c4ccc(F)cc4)c3C=C1CC[C@H](N(CCF)S(=O)(=O)c1ncn(C)n1)C2. The van der Waals surface area contributed by atoms with Gasteiger partial charge in [-0.15, -0.1) is 5.10 Å². The smallest absolute Gasteiger partial charge is 0.316 e. The van der Waals surface area contributed by atoms with Crippen LogP contribution in [0.3, 0.4) is 0 Å². The first kappa shape index (κ1) is 26.2. The zero-order chi connectivity index (χ0) is 27.1. The van der Waals surface area contributed by atoms with E-state index >= 15 is 0 Å². The molecule has 38 heavy (non-hydrogen) atoms. The van der Waals surface area contributed by atoms with Crippen molar-refractivity contribution in [2.45, 2.75) is 43.8 Å². The van der Waals surface area contributed by atoms with E-state index in [0.29, 0.717) is 18.5 Å². The fourth-order valence-corrected chi connectivity index (χ4v) is 6.98. The van der Waals surface area contributed by atoms with E-state index in [-0.39, 0.29) is 31.8 Å². The lowest BCUT2D eigenvalue weighted by molar-refractivity contribution is -0.155. The van der Waals surface area contributed by atoms with E-state index in [4.69, 9.17) is 4.74 Å². The Morgan fingerprint density at radius 1 is 1.29 bits per heavy atom. The van der Waals surface area contributed by atoms with Gasteiger partial charge in [0.1, 0.15) is 18.8 Å². The number of halogens is 2. The van der Waals surface area contributed by atoms with Gasteiger partial charge in [-0.25, -0.2) is 26.9 Å². The number of hydrogen-bond acceptors (Lipinski definition) is 7. The number of aromatic nitrogens is 5. The molecule has 1 fully saturated rings. The van der Waals surface area contributed by atoms with Crippen LogP contribution in [-0.4, -0.2) is 69.1 Å². The van der Waals surface area contributed by atoms with Gasteiger partial charge in [0.05, 0.1) is 29.6 Å². The molecule has 0 spiro atoms. The van der Waals surface area contributed by atoms with Crippen LogP contribution in [0, 0.1) is 11.2 Å². The van der Waals surface area contributed by atoms with Gasteiger partial charge < -0.3 is 4.74 Å².